The number of hydrogen-bond donors (Lipinski definition) is 4. The van der Waals surface area contributed by atoms with Crippen LogP contribution in [0.2, 0.25) is 0 Å². The molecule has 0 atom stereocenters. The number of nitrogens with one attached hydrogen (secondary N) is 3. The summed E-state index contributed by atoms with van der Waals surface area (Å²) in [5.74, 6) is -1.15. The van der Waals surface area contributed by atoms with Crippen molar-refractivity contribution in [1.29, 1.82) is 0 Å². The number of aliphatic hydroxyl groups is 1. The Bertz CT molecular complexity index is 1450. The highest BCUT2D eigenvalue weighted by atomic mass is 19.2. The van der Waals surface area contributed by atoms with Gasteiger partial charge in [0, 0.05) is 24.9 Å². The van der Waals surface area contributed by atoms with Crippen molar-refractivity contribution in [2.75, 3.05) is 36.9 Å². The number of carbonyl (C=O) groups is 1. The van der Waals surface area contributed by atoms with Gasteiger partial charge in [0.05, 0.1) is 47.8 Å². The third-order valence-corrected chi connectivity index (χ3v) is 5.52. The largest absolute Gasteiger partial charge is 0.493 e. The van der Waals surface area contributed by atoms with E-state index in [2.05, 4.69) is 31.0 Å². The molecule has 1 amide bonds. The average molecular weight is 556 g/mol. The lowest BCUT2D eigenvalue weighted by atomic mass is 10.2. The molecule has 0 saturated heterocycles. The molecule has 0 aliphatic rings. The van der Waals surface area contributed by atoms with Crippen molar-refractivity contribution in [2.24, 2.45) is 0 Å². The van der Waals surface area contributed by atoms with Gasteiger partial charge in [-0.05, 0) is 38.9 Å². The SMILES string of the molecule is CC(C)Oc1cc(OCCCNCCO)cc2ncnc(Nc3cnn(CC(=O)Nc4cccc(F)c4F)c3)c12. The van der Waals surface area contributed by atoms with E-state index >= 15 is 0 Å². The predicted molar refractivity (Wildman–Crippen MR) is 146 cm³/mol. The van der Waals surface area contributed by atoms with Crippen LogP contribution in [-0.4, -0.2) is 63.2 Å². The van der Waals surface area contributed by atoms with E-state index < -0.39 is 17.5 Å². The van der Waals surface area contributed by atoms with Gasteiger partial charge in [-0.2, -0.15) is 5.10 Å². The van der Waals surface area contributed by atoms with Gasteiger partial charge in [-0.15, -0.1) is 0 Å². The standard InChI is InChI=1S/C27H31F2N7O4/c1-17(2)40-23-12-19(39-10-4-7-30-8-9-37)11-22-25(23)27(32-16-31-22)34-18-13-33-36(14-18)15-24(38)35-21-6-3-5-20(28)26(21)29/h3,5-6,11-14,16-17,30,37H,4,7-10,15H2,1-2H3,(H,35,38)(H,31,32,34). The van der Waals surface area contributed by atoms with Gasteiger partial charge in [-0.1, -0.05) is 6.07 Å². The number of ether oxygens (including phenoxy) is 2. The Kier molecular flexibility index (Phi) is 9.76. The van der Waals surface area contributed by atoms with Crippen LogP contribution in [0.4, 0.5) is 26.0 Å². The second-order valence-corrected chi connectivity index (χ2v) is 9.08. The molecule has 0 unspecified atom stereocenters. The number of rotatable bonds is 14. The van der Waals surface area contributed by atoms with Crippen molar-refractivity contribution >= 4 is 34.0 Å². The summed E-state index contributed by atoms with van der Waals surface area (Å²) >= 11 is 0. The van der Waals surface area contributed by atoms with Crippen molar-refractivity contribution < 1.29 is 28.2 Å². The third-order valence-electron chi connectivity index (χ3n) is 5.52. The summed E-state index contributed by atoms with van der Waals surface area (Å²) in [5, 5.41) is 22.3. The van der Waals surface area contributed by atoms with Crippen LogP contribution in [0.3, 0.4) is 0 Å². The molecule has 4 N–H and O–H groups in total. The Hall–Kier alpha value is -4.36. The minimum atomic E-state index is -1.13. The van der Waals surface area contributed by atoms with E-state index in [1.807, 2.05) is 13.8 Å². The Morgan fingerprint density at radius 3 is 2.83 bits per heavy atom. The zero-order chi connectivity index (χ0) is 28.5. The highest BCUT2D eigenvalue weighted by molar-refractivity contribution is 5.96. The molecule has 4 aromatic rings. The predicted octanol–water partition coefficient (Wildman–Crippen LogP) is 3.62. The lowest BCUT2D eigenvalue weighted by Crippen LogP contribution is -2.20. The normalized spacial score (nSPS) is 11.2. The fourth-order valence-electron chi connectivity index (χ4n) is 3.83. The Balaban J connectivity index is 1.48. The molecule has 212 valence electrons. The molecule has 4 rings (SSSR count). The number of benzene rings is 2. The smallest absolute Gasteiger partial charge is 0.246 e. The van der Waals surface area contributed by atoms with E-state index in [0.717, 1.165) is 19.0 Å². The fourth-order valence-corrected chi connectivity index (χ4v) is 3.83. The zero-order valence-electron chi connectivity index (χ0n) is 22.2. The van der Waals surface area contributed by atoms with Crippen LogP contribution in [0.25, 0.3) is 10.9 Å². The Labute approximate surface area is 229 Å². The van der Waals surface area contributed by atoms with E-state index in [4.69, 9.17) is 14.6 Å². The molecule has 2 aromatic carbocycles. The summed E-state index contributed by atoms with van der Waals surface area (Å²) in [6.45, 7) is 5.42. The number of amides is 1. The second-order valence-electron chi connectivity index (χ2n) is 9.08. The van der Waals surface area contributed by atoms with Crippen LogP contribution >= 0.6 is 0 Å². The minimum absolute atomic E-state index is 0.0887. The van der Waals surface area contributed by atoms with E-state index in [0.29, 0.717) is 47.1 Å². The topological polar surface area (TPSA) is 135 Å². The Morgan fingerprint density at radius 1 is 1.18 bits per heavy atom. The molecule has 0 spiro atoms. The zero-order valence-corrected chi connectivity index (χ0v) is 22.2. The number of anilines is 3. The Morgan fingerprint density at radius 2 is 2.02 bits per heavy atom. The molecular formula is C27H31F2N7O4. The monoisotopic (exact) mass is 555 g/mol. The van der Waals surface area contributed by atoms with Gasteiger partial charge in [-0.25, -0.2) is 18.7 Å². The maximum absolute atomic E-state index is 13.9. The van der Waals surface area contributed by atoms with Gasteiger partial charge in [0.25, 0.3) is 0 Å². The van der Waals surface area contributed by atoms with Crippen molar-refractivity contribution in [3.05, 3.63) is 60.7 Å². The van der Waals surface area contributed by atoms with Crippen LogP contribution in [0.15, 0.2) is 49.1 Å². The molecule has 0 fully saturated rings. The quantitative estimate of drug-likeness (QED) is 0.172. The van der Waals surface area contributed by atoms with Crippen LogP contribution in [0.5, 0.6) is 11.5 Å². The van der Waals surface area contributed by atoms with E-state index in [-0.39, 0.29) is 24.9 Å². The van der Waals surface area contributed by atoms with Crippen molar-refractivity contribution in [3.63, 3.8) is 0 Å². The molecule has 2 aromatic heterocycles. The molecule has 40 heavy (non-hydrogen) atoms. The highest BCUT2D eigenvalue weighted by Gasteiger charge is 2.16. The second kappa shape index (κ2) is 13.6. The number of aliphatic hydroxyl groups excluding tert-OH is 1. The van der Waals surface area contributed by atoms with Gasteiger partial charge in [-0.3, -0.25) is 9.48 Å². The lowest BCUT2D eigenvalue weighted by Gasteiger charge is -2.16. The first-order chi connectivity index (χ1) is 19.3. The number of halogens is 2. The third kappa shape index (κ3) is 7.61. The maximum atomic E-state index is 13.9. The summed E-state index contributed by atoms with van der Waals surface area (Å²) < 4.78 is 40.6. The van der Waals surface area contributed by atoms with Crippen molar-refractivity contribution in [1.82, 2.24) is 25.1 Å². The van der Waals surface area contributed by atoms with Gasteiger partial charge in [0.1, 0.15) is 30.2 Å². The number of hydrogen-bond acceptors (Lipinski definition) is 9. The number of aromatic nitrogens is 4. The van der Waals surface area contributed by atoms with E-state index in [1.165, 1.54) is 29.3 Å². The lowest BCUT2D eigenvalue weighted by molar-refractivity contribution is -0.116. The first kappa shape index (κ1) is 28.6. The molecule has 13 heteroatoms. The van der Waals surface area contributed by atoms with Gasteiger partial charge < -0.3 is 30.5 Å². The van der Waals surface area contributed by atoms with Crippen molar-refractivity contribution in [3.8, 4) is 11.5 Å². The molecule has 0 aliphatic carbocycles. The summed E-state index contributed by atoms with van der Waals surface area (Å²) in [6, 6.07) is 7.14. The highest BCUT2D eigenvalue weighted by Crippen LogP contribution is 2.36. The fraction of sp³-hybridized carbons (Fsp3) is 0.333. The number of carbonyl (C=O) groups excluding carboxylic acids is 1. The number of fused-ring (bicyclic) bond motifs is 1. The van der Waals surface area contributed by atoms with Gasteiger partial charge in [0.15, 0.2) is 11.6 Å². The molecule has 0 bridgehead atoms. The van der Waals surface area contributed by atoms with E-state index in [1.54, 1.807) is 18.3 Å². The van der Waals surface area contributed by atoms with Crippen LogP contribution < -0.4 is 25.4 Å². The van der Waals surface area contributed by atoms with Crippen LogP contribution in [0.1, 0.15) is 20.3 Å². The summed E-state index contributed by atoms with van der Waals surface area (Å²) in [6.07, 6.45) is 5.14. The molecule has 0 radical (unpaired) electrons. The summed E-state index contributed by atoms with van der Waals surface area (Å²) in [7, 11) is 0. The van der Waals surface area contributed by atoms with Crippen LogP contribution in [-0.2, 0) is 11.3 Å². The molecular weight excluding hydrogens is 524 g/mol. The first-order valence-corrected chi connectivity index (χ1v) is 12.8. The van der Waals surface area contributed by atoms with Gasteiger partial charge >= 0.3 is 0 Å². The van der Waals surface area contributed by atoms with Crippen molar-refractivity contribution in [2.45, 2.75) is 32.9 Å². The average Bonchev–Trinajstić information content (AvgIpc) is 3.34. The summed E-state index contributed by atoms with van der Waals surface area (Å²) in [5.41, 5.74) is 0.895. The van der Waals surface area contributed by atoms with Gasteiger partial charge in [0.2, 0.25) is 5.91 Å². The molecule has 0 aliphatic heterocycles. The van der Waals surface area contributed by atoms with Crippen LogP contribution in [0, 0.1) is 11.6 Å². The molecule has 0 saturated carbocycles. The maximum Gasteiger partial charge on any atom is 0.246 e. The molecule has 2 heterocycles. The minimum Gasteiger partial charge on any atom is -0.493 e. The summed E-state index contributed by atoms with van der Waals surface area (Å²) in [4.78, 5) is 21.1. The van der Waals surface area contributed by atoms with E-state index in [9.17, 15) is 13.6 Å². The molecule has 11 nitrogen and oxygen atoms in total. The first-order valence-electron chi connectivity index (χ1n) is 12.8. The number of nitrogens with zero attached hydrogens (tertiary/aromatic N) is 4.